The Bertz CT molecular complexity index is 3760. The number of amides is 3. The van der Waals surface area contributed by atoms with Crippen molar-refractivity contribution in [1.82, 2.24) is 20.4 Å². The summed E-state index contributed by atoms with van der Waals surface area (Å²) >= 11 is 7.95. The maximum absolute atomic E-state index is 13.9. The number of esters is 2. The second-order valence-electron chi connectivity index (χ2n) is 17.8. The number of hydrogen-bond acceptors (Lipinski definition) is 21. The Morgan fingerprint density at radius 3 is 1.33 bits per heavy atom. The number of halogens is 4. The maximum Gasteiger partial charge on any atom is 1.00 e. The maximum atomic E-state index is 13.9. The van der Waals surface area contributed by atoms with Gasteiger partial charge in [-0.3, -0.25) is 19.6 Å². The third-order valence-electron chi connectivity index (χ3n) is 11.2. The molecule has 3 aromatic heterocycles. The summed E-state index contributed by atoms with van der Waals surface area (Å²) in [6.45, 7) is 3.47. The number of aromatic carboxylic acids is 1. The Morgan fingerprint density at radius 2 is 0.968 bits per heavy atom. The zero-order valence-corrected chi connectivity index (χ0v) is 55.1. The van der Waals surface area contributed by atoms with E-state index in [1.807, 2.05) is 24.3 Å². The van der Waals surface area contributed by atoms with E-state index < -0.39 is 46.6 Å². The van der Waals surface area contributed by atoms with Crippen molar-refractivity contribution in [3.05, 3.63) is 232 Å². The molecule has 93 heavy (non-hydrogen) atoms. The first kappa shape index (κ1) is 80.0. The number of nitrogens with one attached hydrogen (secondary N) is 3. The number of anilines is 2. The van der Waals surface area contributed by atoms with Crippen LogP contribution in [0.5, 0.6) is 0 Å². The van der Waals surface area contributed by atoms with Crippen LogP contribution in [0.3, 0.4) is 0 Å². The Labute approximate surface area is 570 Å². The summed E-state index contributed by atoms with van der Waals surface area (Å²) in [5, 5.41) is 30.5. The van der Waals surface area contributed by atoms with Crippen LogP contribution in [-0.4, -0.2) is 103 Å². The number of hydroxylamine groups is 1. The molecule has 0 fully saturated rings. The van der Waals surface area contributed by atoms with Crippen molar-refractivity contribution in [1.29, 1.82) is 0 Å². The summed E-state index contributed by atoms with van der Waals surface area (Å²) in [6.07, 6.45) is 20.1. The molecule has 11 N–H and O–H groups in total. The quantitative estimate of drug-likeness (QED) is 0.00900. The fraction of sp³-hybridized carbons (Fsp3) is 0.111. The molecule has 8 aromatic rings. The summed E-state index contributed by atoms with van der Waals surface area (Å²) in [4.78, 5) is 91.5. The van der Waals surface area contributed by atoms with Crippen LogP contribution in [0, 0.1) is 23.4 Å². The molecular weight excluding hydrogens is 1300 g/mol. The Kier molecular flexibility index (Phi) is 36.8. The third kappa shape index (κ3) is 27.3. The van der Waals surface area contributed by atoms with Gasteiger partial charge in [0.15, 0.2) is 0 Å². The summed E-state index contributed by atoms with van der Waals surface area (Å²) in [6, 6.07) is 32.5. The molecule has 0 radical (unpaired) electrons. The smallest absolute Gasteiger partial charge is 0.870 e. The number of thiazole rings is 3. The van der Waals surface area contributed by atoms with Crippen LogP contribution in [0.25, 0.3) is 43.9 Å². The zero-order valence-electron chi connectivity index (χ0n) is 49.9. The van der Waals surface area contributed by atoms with Gasteiger partial charge in [0, 0.05) is 69.9 Å². The Morgan fingerprint density at radius 1 is 0.591 bits per heavy atom. The van der Waals surface area contributed by atoms with Crippen molar-refractivity contribution in [3.63, 3.8) is 0 Å². The van der Waals surface area contributed by atoms with E-state index in [1.54, 1.807) is 129 Å². The first-order valence-corrected chi connectivity index (χ1v) is 29.1. The molecule has 1 aliphatic carbocycles. The molecule has 1 aliphatic rings. The minimum Gasteiger partial charge on any atom is -0.870 e. The normalized spacial score (nSPS) is 12.4. The number of ether oxygens (including phenoxy) is 3. The summed E-state index contributed by atoms with van der Waals surface area (Å²) in [7, 11) is 2.64. The SMILES string of the molecule is CC(C)OC(=O)Cl.COC(=O)/C=C/C1C=CC=CC1N.COC(=O)/C=C/c1ccccc1NC(=O)c1cnc(-c2ccccc2F)s1.NO.O=C(/C=C/c1ccccc1NC(=O)c1cnc(-c2ccccc2F)s1)NO.O=C(O)c1cnc(-c2ccccc2F)s1.[Na+].[OH-]. The van der Waals surface area contributed by atoms with E-state index in [4.69, 9.17) is 32.9 Å². The molecule has 22 nitrogen and oxygen atoms in total. The van der Waals surface area contributed by atoms with Gasteiger partial charge < -0.3 is 46.4 Å². The van der Waals surface area contributed by atoms with E-state index >= 15 is 0 Å². The average molecular weight is 1360 g/mol. The molecule has 2 atom stereocenters. The molecule has 0 aliphatic heterocycles. The van der Waals surface area contributed by atoms with E-state index in [0.29, 0.717) is 64.0 Å². The molecule has 30 heteroatoms. The van der Waals surface area contributed by atoms with E-state index in [1.165, 1.54) is 74.7 Å². The van der Waals surface area contributed by atoms with Gasteiger partial charge >= 0.3 is 52.9 Å². The van der Waals surface area contributed by atoms with Gasteiger partial charge in [0.25, 0.3) is 17.7 Å². The van der Waals surface area contributed by atoms with Gasteiger partial charge in [-0.15, -0.1) is 34.0 Å². The summed E-state index contributed by atoms with van der Waals surface area (Å²) in [5.41, 5.74) is 9.76. The number of para-hydroxylation sites is 2. The van der Waals surface area contributed by atoms with Crippen LogP contribution < -0.4 is 57.3 Å². The second-order valence-corrected chi connectivity index (χ2v) is 21.2. The fourth-order valence-electron chi connectivity index (χ4n) is 6.99. The number of nitrogens with zero attached hydrogens (tertiary/aromatic N) is 3. The molecule has 5 aromatic carbocycles. The zero-order chi connectivity index (χ0) is 66.8. The van der Waals surface area contributed by atoms with E-state index in [-0.39, 0.29) is 69.9 Å². The van der Waals surface area contributed by atoms with Crippen molar-refractivity contribution in [2.45, 2.75) is 26.0 Å². The minimum atomic E-state index is -1.05. The van der Waals surface area contributed by atoms with Crippen LogP contribution in [-0.2, 0) is 28.6 Å². The van der Waals surface area contributed by atoms with Gasteiger partial charge in [-0.25, -0.2) is 58.7 Å². The van der Waals surface area contributed by atoms with Gasteiger partial charge in [0.1, 0.15) is 47.1 Å². The number of allylic oxidation sites excluding steroid dienone is 2. The largest absolute Gasteiger partial charge is 1.00 e. The Hall–Kier alpha value is -9.14. The minimum absolute atomic E-state index is 0. The molecule has 2 unspecified atom stereocenters. The van der Waals surface area contributed by atoms with Gasteiger partial charge in [0.05, 0.1) is 38.9 Å². The predicted octanol–water partition coefficient (Wildman–Crippen LogP) is 9.47. The molecule has 482 valence electrons. The number of carboxylic acids is 1. The van der Waals surface area contributed by atoms with E-state index in [2.05, 4.69) is 45.7 Å². The second kappa shape index (κ2) is 42.8. The van der Waals surface area contributed by atoms with Crippen molar-refractivity contribution in [2.75, 3.05) is 24.9 Å². The number of methoxy groups -OCH3 is 2. The monoisotopic (exact) mass is 1360 g/mol. The van der Waals surface area contributed by atoms with Crippen LogP contribution >= 0.6 is 45.6 Å². The number of carbonyl (C=O) groups is 7. The van der Waals surface area contributed by atoms with Crippen molar-refractivity contribution in [2.24, 2.45) is 17.5 Å². The van der Waals surface area contributed by atoms with Gasteiger partial charge in [0.2, 0.25) is 0 Å². The number of nitrogens with two attached hydrogens (primary N) is 2. The van der Waals surface area contributed by atoms with E-state index in [9.17, 15) is 46.7 Å². The van der Waals surface area contributed by atoms with Crippen LogP contribution in [0.2, 0.25) is 0 Å². The molecular formula is C63H59ClF3N8NaO14S3. The number of carbonyl (C=O) groups excluding carboxylic acids is 6. The van der Waals surface area contributed by atoms with Crippen LogP contribution in [0.15, 0.2) is 189 Å². The molecule has 3 amide bonds. The molecule has 3 heterocycles. The van der Waals surface area contributed by atoms with Gasteiger partial charge in [-0.05, 0) is 85.7 Å². The van der Waals surface area contributed by atoms with E-state index in [0.717, 1.165) is 40.1 Å². The molecule has 0 saturated heterocycles. The number of benzene rings is 5. The Balaban J connectivity index is 0.000000416. The fourth-order valence-corrected chi connectivity index (χ4v) is 9.63. The average Bonchev–Trinajstić information content (AvgIpc) is 2.41. The third-order valence-corrected chi connectivity index (χ3v) is 14.4. The molecule has 0 saturated carbocycles. The number of carboxylic acid groups (broad SMARTS) is 1. The molecule has 0 bridgehead atoms. The van der Waals surface area contributed by atoms with Gasteiger partial charge in [-0.1, -0.05) is 103 Å². The predicted molar refractivity (Wildman–Crippen MR) is 345 cm³/mol. The number of hydrogen-bond donors (Lipinski definition) is 8. The standard InChI is InChI=1S/C20H15FN2O3S.C19H14FN3O3S.C10H6FNO2S.C10H13NO2.C4H7ClO2.H3NO.Na.H2O/c1-26-18(24)11-10-13-6-2-5-9-16(13)23-19(25)17-12-22-20(27-17)14-7-3-4-8-15(14)21;20-14-7-3-2-6-13(14)19-21-11-16(27-19)18(25)22-15-8-4-1-5-12(15)9-10-17(24)23-26;11-7-4-2-1-3-6(7)9-12-5-8(15-9)10(13)14;1-13-10(12)7-6-8-4-2-3-5-9(8)11;1-3(2)7-4(5)6;1-2;;/h2-12H,1H3,(H,23,25);1-11,26H,(H,22,25)(H,23,24);1-5H,(H,13,14);2-9H,11H2,1H3;3H,1-2H3;2H,1H2;;1H2/q;;;;;;+1;/p-1/b11-10+;10-9+;;7-6+;;;;. The summed E-state index contributed by atoms with van der Waals surface area (Å²) in [5.74, 6) is -0.954. The first-order chi connectivity index (χ1) is 43.7. The van der Waals surface area contributed by atoms with Crippen molar-refractivity contribution >= 4 is 110 Å². The topological polar surface area (TPSA) is 365 Å². The number of aromatic nitrogens is 3. The number of rotatable bonds is 15. The van der Waals surface area contributed by atoms with Crippen molar-refractivity contribution < 1.29 is 111 Å². The van der Waals surface area contributed by atoms with Crippen molar-refractivity contribution in [3.8, 4) is 31.7 Å². The molecule has 9 rings (SSSR count). The summed E-state index contributed by atoms with van der Waals surface area (Å²) < 4.78 is 54.5. The first-order valence-electron chi connectivity index (χ1n) is 26.2. The van der Waals surface area contributed by atoms with Crippen LogP contribution in [0.1, 0.15) is 54.0 Å². The van der Waals surface area contributed by atoms with Crippen LogP contribution in [0.4, 0.5) is 29.3 Å². The van der Waals surface area contributed by atoms with Gasteiger partial charge in [-0.2, -0.15) is 0 Å². The molecule has 0 spiro atoms.